The smallest absolute Gasteiger partial charge is 0.129 e. The van der Waals surface area contributed by atoms with Gasteiger partial charge in [0, 0.05) is 12.0 Å². The van der Waals surface area contributed by atoms with Gasteiger partial charge in [-0.15, -0.1) is 0 Å². The van der Waals surface area contributed by atoms with Gasteiger partial charge >= 0.3 is 0 Å². The number of hydrogen-bond donors (Lipinski definition) is 1. The number of imidazole rings is 1. The molecule has 0 saturated carbocycles. The SMILES string of the molecule is C=C[C@@]1(O)C[C@H](c2ccc(C#N)cc2F)n2cncc21. The van der Waals surface area contributed by atoms with Gasteiger partial charge in [0.2, 0.25) is 0 Å². The van der Waals surface area contributed by atoms with Crippen LogP contribution >= 0.6 is 0 Å². The Bertz CT molecular complexity index is 731. The molecule has 0 radical (unpaired) electrons. The summed E-state index contributed by atoms with van der Waals surface area (Å²) in [4.78, 5) is 4.01. The van der Waals surface area contributed by atoms with E-state index >= 15 is 0 Å². The molecular formula is C15H12FN3O. The molecule has 1 aromatic heterocycles. The summed E-state index contributed by atoms with van der Waals surface area (Å²) in [5.41, 5.74) is 0.0954. The van der Waals surface area contributed by atoms with Gasteiger partial charge in [-0.3, -0.25) is 0 Å². The van der Waals surface area contributed by atoms with Crippen LogP contribution in [0.25, 0.3) is 0 Å². The van der Waals surface area contributed by atoms with E-state index in [1.807, 2.05) is 6.07 Å². The summed E-state index contributed by atoms with van der Waals surface area (Å²) in [6.45, 7) is 3.64. The number of aliphatic hydroxyl groups is 1. The topological polar surface area (TPSA) is 61.8 Å². The molecule has 4 nitrogen and oxygen atoms in total. The van der Waals surface area contributed by atoms with Crippen LogP contribution in [-0.4, -0.2) is 14.7 Å². The normalized spacial score (nSPS) is 24.1. The molecule has 1 aromatic carbocycles. The van der Waals surface area contributed by atoms with Crippen molar-refractivity contribution in [3.05, 3.63) is 66.0 Å². The molecule has 1 N–H and O–H groups in total. The minimum absolute atomic E-state index is 0.272. The summed E-state index contributed by atoms with van der Waals surface area (Å²) >= 11 is 0. The first-order valence-electron chi connectivity index (χ1n) is 6.17. The number of benzene rings is 1. The lowest BCUT2D eigenvalue weighted by molar-refractivity contribution is 0.0883. The number of nitriles is 1. The van der Waals surface area contributed by atoms with Crippen molar-refractivity contribution in [3.8, 4) is 6.07 Å². The Morgan fingerprint density at radius 1 is 1.60 bits per heavy atom. The Balaban J connectivity index is 2.10. The molecular weight excluding hydrogens is 257 g/mol. The molecule has 20 heavy (non-hydrogen) atoms. The predicted molar refractivity (Wildman–Crippen MR) is 70.2 cm³/mol. The van der Waals surface area contributed by atoms with Gasteiger partial charge in [0.05, 0.1) is 35.9 Å². The minimum Gasteiger partial charge on any atom is -0.379 e. The van der Waals surface area contributed by atoms with Crippen LogP contribution in [0.1, 0.15) is 29.3 Å². The van der Waals surface area contributed by atoms with Crippen LogP contribution in [0, 0.1) is 17.1 Å². The highest BCUT2D eigenvalue weighted by atomic mass is 19.1. The lowest BCUT2D eigenvalue weighted by Crippen LogP contribution is -2.18. The third kappa shape index (κ3) is 1.66. The molecule has 2 heterocycles. The maximum absolute atomic E-state index is 14.2. The third-order valence-corrected chi connectivity index (χ3v) is 3.78. The largest absolute Gasteiger partial charge is 0.379 e. The van der Waals surface area contributed by atoms with E-state index in [-0.39, 0.29) is 11.6 Å². The van der Waals surface area contributed by atoms with Crippen LogP contribution in [0.2, 0.25) is 0 Å². The van der Waals surface area contributed by atoms with E-state index in [0.29, 0.717) is 17.7 Å². The van der Waals surface area contributed by atoms with E-state index in [2.05, 4.69) is 11.6 Å². The number of aromatic nitrogens is 2. The number of hydrogen-bond acceptors (Lipinski definition) is 3. The molecule has 0 unspecified atom stereocenters. The second kappa shape index (κ2) is 4.29. The van der Waals surface area contributed by atoms with Crippen molar-refractivity contribution >= 4 is 0 Å². The van der Waals surface area contributed by atoms with E-state index < -0.39 is 11.4 Å². The van der Waals surface area contributed by atoms with Crippen LogP contribution in [0.4, 0.5) is 4.39 Å². The monoisotopic (exact) mass is 269 g/mol. The average Bonchev–Trinajstić information content (AvgIpc) is 3.03. The average molecular weight is 269 g/mol. The molecule has 5 heteroatoms. The molecule has 3 rings (SSSR count). The fraction of sp³-hybridized carbons (Fsp3) is 0.200. The Morgan fingerprint density at radius 2 is 2.40 bits per heavy atom. The summed E-state index contributed by atoms with van der Waals surface area (Å²) < 4.78 is 15.9. The molecule has 2 atom stereocenters. The van der Waals surface area contributed by atoms with Crippen molar-refractivity contribution in [1.29, 1.82) is 5.26 Å². The molecule has 100 valence electrons. The molecule has 0 fully saturated rings. The molecule has 1 aliphatic heterocycles. The molecule has 0 spiro atoms. The quantitative estimate of drug-likeness (QED) is 0.851. The zero-order valence-electron chi connectivity index (χ0n) is 10.6. The highest BCUT2D eigenvalue weighted by molar-refractivity contribution is 5.37. The van der Waals surface area contributed by atoms with Gasteiger partial charge in [-0.05, 0) is 12.1 Å². The second-order valence-corrected chi connectivity index (χ2v) is 4.88. The number of halogens is 1. The first kappa shape index (κ1) is 12.6. The number of rotatable bonds is 2. The summed E-state index contributed by atoms with van der Waals surface area (Å²) in [5.74, 6) is -0.456. The van der Waals surface area contributed by atoms with Crippen molar-refractivity contribution < 1.29 is 9.50 Å². The minimum atomic E-state index is -1.21. The molecule has 0 saturated heterocycles. The Labute approximate surface area is 115 Å². The fourth-order valence-corrected chi connectivity index (χ4v) is 2.70. The standard InChI is InChI=1S/C15H12FN3O/c1-2-15(20)6-13(19-9-18-8-14(15)19)11-4-3-10(7-17)5-12(11)16/h2-5,8-9,13,20H,1,6H2/t13-,15-/m1/s1. The molecule has 2 aromatic rings. The number of fused-ring (bicyclic) bond motifs is 1. The second-order valence-electron chi connectivity index (χ2n) is 4.88. The van der Waals surface area contributed by atoms with Crippen LogP contribution in [0.5, 0.6) is 0 Å². The van der Waals surface area contributed by atoms with Crippen molar-refractivity contribution in [2.24, 2.45) is 0 Å². The van der Waals surface area contributed by atoms with Gasteiger partial charge in [0.1, 0.15) is 11.4 Å². The van der Waals surface area contributed by atoms with E-state index in [4.69, 9.17) is 5.26 Å². The van der Waals surface area contributed by atoms with Crippen LogP contribution in [-0.2, 0) is 5.60 Å². The van der Waals surface area contributed by atoms with Crippen molar-refractivity contribution in [3.63, 3.8) is 0 Å². The Morgan fingerprint density at radius 3 is 3.05 bits per heavy atom. The lowest BCUT2D eigenvalue weighted by atomic mass is 9.93. The predicted octanol–water partition coefficient (Wildman–Crippen LogP) is 2.26. The molecule has 0 aliphatic carbocycles. The van der Waals surface area contributed by atoms with E-state index in [9.17, 15) is 9.50 Å². The zero-order chi connectivity index (χ0) is 14.3. The highest BCUT2D eigenvalue weighted by Crippen LogP contribution is 2.43. The van der Waals surface area contributed by atoms with Crippen molar-refractivity contribution in [2.75, 3.05) is 0 Å². The molecule has 1 aliphatic rings. The lowest BCUT2D eigenvalue weighted by Gasteiger charge is -2.17. The van der Waals surface area contributed by atoms with Crippen LogP contribution < -0.4 is 0 Å². The van der Waals surface area contributed by atoms with Crippen LogP contribution in [0.15, 0.2) is 43.4 Å². The van der Waals surface area contributed by atoms with Crippen molar-refractivity contribution in [2.45, 2.75) is 18.1 Å². The molecule has 0 amide bonds. The summed E-state index contributed by atoms with van der Waals surface area (Å²) in [7, 11) is 0. The molecule has 0 bridgehead atoms. The maximum atomic E-state index is 14.2. The first-order chi connectivity index (χ1) is 9.59. The summed E-state index contributed by atoms with van der Waals surface area (Å²) in [6, 6.07) is 5.90. The van der Waals surface area contributed by atoms with Crippen LogP contribution in [0.3, 0.4) is 0 Å². The Kier molecular flexibility index (Phi) is 2.70. The van der Waals surface area contributed by atoms with Gasteiger partial charge in [-0.1, -0.05) is 18.7 Å². The maximum Gasteiger partial charge on any atom is 0.129 e. The highest BCUT2D eigenvalue weighted by Gasteiger charge is 2.42. The van der Waals surface area contributed by atoms with E-state index in [0.717, 1.165) is 0 Å². The third-order valence-electron chi connectivity index (χ3n) is 3.78. The van der Waals surface area contributed by atoms with Gasteiger partial charge in [-0.25, -0.2) is 9.37 Å². The van der Waals surface area contributed by atoms with Gasteiger partial charge in [-0.2, -0.15) is 5.26 Å². The fourth-order valence-electron chi connectivity index (χ4n) is 2.70. The van der Waals surface area contributed by atoms with Gasteiger partial charge in [0.25, 0.3) is 0 Å². The van der Waals surface area contributed by atoms with E-state index in [1.165, 1.54) is 12.1 Å². The Hall–Kier alpha value is -2.45. The first-order valence-corrected chi connectivity index (χ1v) is 6.17. The zero-order valence-corrected chi connectivity index (χ0v) is 10.6. The van der Waals surface area contributed by atoms with Gasteiger partial charge < -0.3 is 9.67 Å². The summed E-state index contributed by atoms with van der Waals surface area (Å²) in [6.07, 6.45) is 4.88. The summed E-state index contributed by atoms with van der Waals surface area (Å²) in [5, 5.41) is 19.3. The van der Waals surface area contributed by atoms with Crippen molar-refractivity contribution in [1.82, 2.24) is 9.55 Å². The number of nitrogens with zero attached hydrogens (tertiary/aromatic N) is 3. The van der Waals surface area contributed by atoms with Gasteiger partial charge in [0.15, 0.2) is 0 Å². The van der Waals surface area contributed by atoms with E-state index in [1.54, 1.807) is 29.2 Å².